The van der Waals surface area contributed by atoms with Crippen molar-refractivity contribution in [1.29, 1.82) is 0 Å². The molecule has 3 nitrogen and oxygen atoms in total. The number of allylic oxidation sites excluding steroid dienone is 5. The molecule has 0 aliphatic rings. The summed E-state index contributed by atoms with van der Waals surface area (Å²) >= 11 is 6.84. The van der Waals surface area contributed by atoms with Gasteiger partial charge in [-0.25, -0.2) is 0 Å². The number of rotatable bonds is 5. The second kappa shape index (κ2) is 8.10. The molecule has 2 aromatic rings. The van der Waals surface area contributed by atoms with E-state index in [1.165, 1.54) is 5.56 Å². The Balaban J connectivity index is 2.10. The zero-order valence-electron chi connectivity index (χ0n) is 11.5. The molecule has 0 saturated carbocycles. The van der Waals surface area contributed by atoms with Gasteiger partial charge in [0.1, 0.15) is 0 Å². The van der Waals surface area contributed by atoms with Gasteiger partial charge in [0, 0.05) is 21.5 Å². The molecule has 0 aliphatic heterocycles. The lowest BCUT2D eigenvalue weighted by atomic mass is 10.1. The van der Waals surface area contributed by atoms with Gasteiger partial charge in [0.15, 0.2) is 0 Å². The van der Waals surface area contributed by atoms with Crippen LogP contribution in [0.2, 0.25) is 0 Å². The summed E-state index contributed by atoms with van der Waals surface area (Å²) in [5.74, 6) is 0.999. The summed E-state index contributed by atoms with van der Waals surface area (Å²) in [6.07, 6.45) is 9.45. The van der Waals surface area contributed by atoms with Gasteiger partial charge < -0.3 is 4.42 Å². The molecule has 1 aromatic heterocycles. The van der Waals surface area contributed by atoms with Crippen LogP contribution in [0.3, 0.4) is 0 Å². The first-order chi connectivity index (χ1) is 10.2. The van der Waals surface area contributed by atoms with Crippen LogP contribution in [-0.2, 0) is 5.33 Å². The Bertz CT molecular complexity index is 670. The summed E-state index contributed by atoms with van der Waals surface area (Å²) in [6, 6.07) is 8.00. The molecule has 1 heterocycles. The highest BCUT2D eigenvalue weighted by Crippen LogP contribution is 2.19. The van der Waals surface area contributed by atoms with E-state index >= 15 is 0 Å². The van der Waals surface area contributed by atoms with Crippen LogP contribution in [-0.4, -0.2) is 10.2 Å². The topological polar surface area (TPSA) is 38.9 Å². The van der Waals surface area contributed by atoms with Crippen molar-refractivity contribution >= 4 is 37.9 Å². The van der Waals surface area contributed by atoms with Gasteiger partial charge in [-0.2, -0.15) is 0 Å². The summed E-state index contributed by atoms with van der Waals surface area (Å²) in [6.45, 7) is 1.96. The van der Waals surface area contributed by atoms with Crippen molar-refractivity contribution in [1.82, 2.24) is 10.2 Å². The Morgan fingerprint density at radius 1 is 1.24 bits per heavy atom. The van der Waals surface area contributed by atoms with E-state index in [1.807, 2.05) is 55.5 Å². The van der Waals surface area contributed by atoms with E-state index in [-0.39, 0.29) is 0 Å². The molecule has 0 aliphatic carbocycles. The standard InChI is InChI=1S/C16H14Br2N2O/c1-2-4-14(18)5-3-6-15-19-20-16(21-15)13-9-7-12(11-17)8-10-13/h2-10H,11H2,1H3/b4-2-,6-3+,14-5+. The van der Waals surface area contributed by atoms with E-state index in [9.17, 15) is 0 Å². The molecule has 5 heteroatoms. The van der Waals surface area contributed by atoms with Crippen LogP contribution in [0, 0.1) is 0 Å². The smallest absolute Gasteiger partial charge is 0.248 e. The largest absolute Gasteiger partial charge is 0.417 e. The highest BCUT2D eigenvalue weighted by Gasteiger charge is 2.06. The highest BCUT2D eigenvalue weighted by atomic mass is 79.9. The summed E-state index contributed by atoms with van der Waals surface area (Å²) in [4.78, 5) is 0. The quantitative estimate of drug-likeness (QED) is 0.483. The van der Waals surface area contributed by atoms with E-state index in [0.29, 0.717) is 11.8 Å². The minimum absolute atomic E-state index is 0.478. The SMILES string of the molecule is C\C=C/C(Br)=C\C=C\c1nnc(-c2ccc(CBr)cc2)o1. The average Bonchev–Trinajstić information content (AvgIpc) is 2.96. The number of aromatic nitrogens is 2. The Kier molecular flexibility index (Phi) is 6.14. The van der Waals surface area contributed by atoms with Crippen LogP contribution in [0.1, 0.15) is 18.4 Å². The predicted molar refractivity (Wildman–Crippen MR) is 93.2 cm³/mol. The molecule has 0 N–H and O–H groups in total. The molecule has 21 heavy (non-hydrogen) atoms. The maximum Gasteiger partial charge on any atom is 0.248 e. The number of nitrogens with zero attached hydrogens (tertiary/aromatic N) is 2. The minimum atomic E-state index is 0.478. The third-order valence-corrected chi connectivity index (χ3v) is 3.79. The van der Waals surface area contributed by atoms with Crippen molar-refractivity contribution in [2.24, 2.45) is 0 Å². The monoisotopic (exact) mass is 408 g/mol. The number of hydrogen-bond donors (Lipinski definition) is 0. The fourth-order valence-electron chi connectivity index (χ4n) is 1.59. The molecule has 2 rings (SSSR count). The Hall–Kier alpha value is -1.46. The fourth-order valence-corrected chi connectivity index (χ4v) is 2.38. The number of hydrogen-bond acceptors (Lipinski definition) is 3. The van der Waals surface area contributed by atoms with Crippen molar-refractivity contribution in [2.45, 2.75) is 12.3 Å². The Morgan fingerprint density at radius 3 is 2.67 bits per heavy atom. The number of halogens is 2. The Morgan fingerprint density at radius 2 is 2.00 bits per heavy atom. The van der Waals surface area contributed by atoms with E-state index in [1.54, 1.807) is 6.08 Å². The Labute approximate surface area is 140 Å². The third kappa shape index (κ3) is 4.79. The van der Waals surface area contributed by atoms with Crippen LogP contribution < -0.4 is 0 Å². The first-order valence-electron chi connectivity index (χ1n) is 6.38. The molecule has 0 saturated heterocycles. The molecule has 1 aromatic carbocycles. The first-order valence-corrected chi connectivity index (χ1v) is 8.29. The van der Waals surface area contributed by atoms with Gasteiger partial charge in [-0.15, -0.1) is 10.2 Å². The molecular weight excluding hydrogens is 396 g/mol. The summed E-state index contributed by atoms with van der Waals surface area (Å²) in [7, 11) is 0. The van der Waals surface area contributed by atoms with Crippen LogP contribution >= 0.6 is 31.9 Å². The zero-order chi connectivity index (χ0) is 15.1. The van der Waals surface area contributed by atoms with E-state index in [0.717, 1.165) is 15.4 Å². The molecule has 0 spiro atoms. The normalized spacial score (nSPS) is 12.6. The average molecular weight is 410 g/mol. The van der Waals surface area contributed by atoms with E-state index < -0.39 is 0 Å². The molecule has 0 radical (unpaired) electrons. The van der Waals surface area contributed by atoms with Gasteiger partial charge in [0.2, 0.25) is 11.8 Å². The first kappa shape index (κ1) is 15.9. The molecule has 108 valence electrons. The summed E-state index contributed by atoms with van der Waals surface area (Å²) < 4.78 is 6.58. The van der Waals surface area contributed by atoms with Crippen molar-refractivity contribution < 1.29 is 4.42 Å². The number of alkyl halides is 1. The van der Waals surface area contributed by atoms with E-state index in [2.05, 4.69) is 42.1 Å². The molecular formula is C16H14Br2N2O. The van der Waals surface area contributed by atoms with Crippen LogP contribution in [0.5, 0.6) is 0 Å². The lowest BCUT2D eigenvalue weighted by Gasteiger charge is -1.96. The lowest BCUT2D eigenvalue weighted by Crippen LogP contribution is -1.80. The van der Waals surface area contributed by atoms with Crippen molar-refractivity contribution in [3.8, 4) is 11.5 Å². The van der Waals surface area contributed by atoms with Gasteiger partial charge in [-0.05, 0) is 30.7 Å². The van der Waals surface area contributed by atoms with Gasteiger partial charge in [0.25, 0.3) is 0 Å². The van der Waals surface area contributed by atoms with Crippen molar-refractivity contribution in [2.75, 3.05) is 0 Å². The zero-order valence-corrected chi connectivity index (χ0v) is 14.6. The molecule has 0 atom stereocenters. The molecule has 0 bridgehead atoms. The lowest BCUT2D eigenvalue weighted by molar-refractivity contribution is 0.557. The fraction of sp³-hybridized carbons (Fsp3) is 0.125. The highest BCUT2D eigenvalue weighted by molar-refractivity contribution is 9.11. The maximum absolute atomic E-state index is 5.60. The molecule has 0 fully saturated rings. The summed E-state index contributed by atoms with van der Waals surface area (Å²) in [5, 5.41) is 8.88. The van der Waals surface area contributed by atoms with Crippen molar-refractivity contribution in [3.63, 3.8) is 0 Å². The second-order valence-corrected chi connectivity index (χ2v) is 5.66. The number of benzene rings is 1. The van der Waals surface area contributed by atoms with Gasteiger partial charge >= 0.3 is 0 Å². The van der Waals surface area contributed by atoms with Crippen LogP contribution in [0.25, 0.3) is 17.5 Å². The van der Waals surface area contributed by atoms with E-state index in [4.69, 9.17) is 4.42 Å². The minimum Gasteiger partial charge on any atom is -0.417 e. The van der Waals surface area contributed by atoms with Crippen LogP contribution in [0.4, 0.5) is 0 Å². The molecule has 0 unspecified atom stereocenters. The third-order valence-electron chi connectivity index (χ3n) is 2.62. The van der Waals surface area contributed by atoms with Gasteiger partial charge in [0.05, 0.1) is 0 Å². The predicted octanol–water partition coefficient (Wildman–Crippen LogP) is 5.50. The maximum atomic E-state index is 5.60. The van der Waals surface area contributed by atoms with Crippen molar-refractivity contribution in [3.05, 3.63) is 64.5 Å². The van der Waals surface area contributed by atoms with Gasteiger partial charge in [-0.1, -0.05) is 62.2 Å². The molecule has 0 amide bonds. The second-order valence-electron chi connectivity index (χ2n) is 4.19. The van der Waals surface area contributed by atoms with Crippen LogP contribution in [0.15, 0.2) is 57.5 Å². The summed E-state index contributed by atoms with van der Waals surface area (Å²) in [5.41, 5.74) is 2.12. The van der Waals surface area contributed by atoms with Gasteiger partial charge in [-0.3, -0.25) is 0 Å².